The van der Waals surface area contributed by atoms with Crippen molar-refractivity contribution in [3.8, 4) is 0 Å². The second-order valence-electron chi connectivity index (χ2n) is 3.32. The van der Waals surface area contributed by atoms with Gasteiger partial charge in [-0.15, -0.1) is 11.8 Å². The third kappa shape index (κ3) is 2.52. The Bertz CT molecular complexity index is 586. The van der Waals surface area contributed by atoms with Crippen LogP contribution < -0.4 is 5.76 Å². The van der Waals surface area contributed by atoms with E-state index in [4.69, 9.17) is 4.42 Å². The van der Waals surface area contributed by atoms with Gasteiger partial charge in [-0.1, -0.05) is 12.1 Å². The lowest BCUT2D eigenvalue weighted by atomic mass is 10.3. The van der Waals surface area contributed by atoms with Gasteiger partial charge in [0.05, 0.1) is 24.3 Å². The first-order valence-corrected chi connectivity index (χ1v) is 6.11. The molecule has 0 radical (unpaired) electrons. The summed E-state index contributed by atoms with van der Waals surface area (Å²) in [6.45, 7) is 0. The van der Waals surface area contributed by atoms with Crippen molar-refractivity contribution in [2.24, 2.45) is 0 Å². The number of hydrogen-bond acceptors (Lipinski definition) is 5. The molecule has 90 valence electrons. The maximum atomic E-state index is 11.6. The molecule has 2 aromatic rings. The van der Waals surface area contributed by atoms with Gasteiger partial charge in [0.2, 0.25) is 0 Å². The average Bonchev–Trinajstić information content (AvgIpc) is 2.66. The van der Waals surface area contributed by atoms with Gasteiger partial charge in [0.15, 0.2) is 5.58 Å². The SMILES string of the molecule is COC(=O)CSCn1c(=O)oc2ccccc21. The summed E-state index contributed by atoms with van der Waals surface area (Å²) in [5.41, 5.74) is 1.28. The predicted octanol–water partition coefficient (Wildman–Crippen LogP) is 1.46. The molecule has 17 heavy (non-hydrogen) atoms. The zero-order valence-corrected chi connectivity index (χ0v) is 10.0. The molecule has 5 nitrogen and oxygen atoms in total. The molecule has 0 aliphatic heterocycles. The normalized spacial score (nSPS) is 10.6. The van der Waals surface area contributed by atoms with Crippen LogP contribution in [0.4, 0.5) is 0 Å². The quantitative estimate of drug-likeness (QED) is 0.772. The van der Waals surface area contributed by atoms with Gasteiger partial charge in [0.25, 0.3) is 0 Å². The lowest BCUT2D eigenvalue weighted by molar-refractivity contribution is -0.137. The van der Waals surface area contributed by atoms with Gasteiger partial charge in [-0.2, -0.15) is 0 Å². The Morgan fingerprint density at radius 1 is 1.47 bits per heavy atom. The molecule has 1 heterocycles. The first-order chi connectivity index (χ1) is 8.22. The van der Waals surface area contributed by atoms with Crippen LogP contribution in [0.15, 0.2) is 33.5 Å². The van der Waals surface area contributed by atoms with E-state index in [0.717, 1.165) is 5.52 Å². The van der Waals surface area contributed by atoms with E-state index >= 15 is 0 Å². The van der Waals surface area contributed by atoms with Gasteiger partial charge < -0.3 is 9.15 Å². The van der Waals surface area contributed by atoms with Crippen LogP contribution in [0.3, 0.4) is 0 Å². The molecule has 0 amide bonds. The van der Waals surface area contributed by atoms with E-state index in [1.807, 2.05) is 6.07 Å². The van der Waals surface area contributed by atoms with Crippen LogP contribution in [0.25, 0.3) is 11.1 Å². The Morgan fingerprint density at radius 3 is 3.00 bits per heavy atom. The molecule has 1 aromatic heterocycles. The van der Waals surface area contributed by atoms with E-state index in [2.05, 4.69) is 4.74 Å². The predicted molar refractivity (Wildman–Crippen MR) is 64.9 cm³/mol. The second kappa shape index (κ2) is 5.09. The topological polar surface area (TPSA) is 61.4 Å². The summed E-state index contributed by atoms with van der Waals surface area (Å²) in [5.74, 6) is -0.146. The summed E-state index contributed by atoms with van der Waals surface area (Å²) in [6.07, 6.45) is 0. The van der Waals surface area contributed by atoms with E-state index in [1.165, 1.54) is 23.4 Å². The van der Waals surface area contributed by atoms with E-state index < -0.39 is 5.76 Å². The highest BCUT2D eigenvalue weighted by Crippen LogP contribution is 2.14. The van der Waals surface area contributed by atoms with Gasteiger partial charge in [-0.25, -0.2) is 4.79 Å². The third-order valence-electron chi connectivity index (χ3n) is 2.24. The smallest absolute Gasteiger partial charge is 0.420 e. The van der Waals surface area contributed by atoms with Crippen LogP contribution in [0.5, 0.6) is 0 Å². The van der Waals surface area contributed by atoms with Crippen molar-refractivity contribution in [1.82, 2.24) is 4.57 Å². The van der Waals surface area contributed by atoms with Crippen molar-refractivity contribution < 1.29 is 13.9 Å². The number of rotatable bonds is 4. The number of thioether (sulfide) groups is 1. The van der Waals surface area contributed by atoms with Gasteiger partial charge in [-0.3, -0.25) is 9.36 Å². The highest BCUT2D eigenvalue weighted by Gasteiger charge is 2.09. The Hall–Kier alpha value is -1.69. The zero-order valence-electron chi connectivity index (χ0n) is 9.21. The molecule has 6 heteroatoms. The lowest BCUT2D eigenvalue weighted by Gasteiger charge is -2.01. The van der Waals surface area contributed by atoms with E-state index in [0.29, 0.717) is 11.5 Å². The summed E-state index contributed by atoms with van der Waals surface area (Å²) in [4.78, 5) is 22.5. The number of carbonyl (C=O) groups excluding carboxylic acids is 1. The average molecular weight is 253 g/mol. The van der Waals surface area contributed by atoms with Gasteiger partial charge in [-0.05, 0) is 12.1 Å². The number of methoxy groups -OCH3 is 1. The monoisotopic (exact) mass is 253 g/mol. The second-order valence-corrected chi connectivity index (χ2v) is 4.27. The fraction of sp³-hybridized carbons (Fsp3) is 0.273. The third-order valence-corrected chi connectivity index (χ3v) is 3.12. The van der Waals surface area contributed by atoms with Crippen molar-refractivity contribution in [2.45, 2.75) is 5.88 Å². The van der Waals surface area contributed by atoms with Crippen molar-refractivity contribution in [3.63, 3.8) is 0 Å². The van der Waals surface area contributed by atoms with Crippen molar-refractivity contribution >= 4 is 28.8 Å². The molecular weight excluding hydrogens is 242 g/mol. The number of esters is 1. The molecule has 0 unspecified atom stereocenters. The number of aromatic nitrogens is 1. The number of ether oxygens (including phenoxy) is 1. The molecule has 0 fully saturated rings. The van der Waals surface area contributed by atoms with Gasteiger partial charge >= 0.3 is 11.7 Å². The molecule has 0 atom stereocenters. The Labute approximate surface area is 101 Å². The molecule has 2 rings (SSSR count). The molecule has 0 N–H and O–H groups in total. The van der Waals surface area contributed by atoms with Crippen LogP contribution in [0.2, 0.25) is 0 Å². The first-order valence-electron chi connectivity index (χ1n) is 4.95. The number of fused-ring (bicyclic) bond motifs is 1. The minimum Gasteiger partial charge on any atom is -0.468 e. The largest absolute Gasteiger partial charge is 0.468 e. The Kier molecular flexibility index (Phi) is 3.53. The molecule has 1 aromatic carbocycles. The number of oxazole rings is 1. The van der Waals surface area contributed by atoms with Crippen LogP contribution in [-0.2, 0) is 15.4 Å². The van der Waals surface area contributed by atoms with Crippen LogP contribution >= 0.6 is 11.8 Å². The highest BCUT2D eigenvalue weighted by atomic mass is 32.2. The maximum absolute atomic E-state index is 11.6. The Morgan fingerprint density at radius 2 is 2.24 bits per heavy atom. The lowest BCUT2D eigenvalue weighted by Crippen LogP contribution is -2.14. The Balaban J connectivity index is 2.15. The summed E-state index contributed by atoms with van der Waals surface area (Å²) in [6, 6.07) is 7.17. The van der Waals surface area contributed by atoms with Crippen LogP contribution in [-0.4, -0.2) is 23.4 Å². The maximum Gasteiger partial charge on any atom is 0.420 e. The van der Waals surface area contributed by atoms with Crippen molar-refractivity contribution in [1.29, 1.82) is 0 Å². The van der Waals surface area contributed by atoms with Gasteiger partial charge in [0.1, 0.15) is 0 Å². The zero-order chi connectivity index (χ0) is 12.3. The number of hydrogen-bond donors (Lipinski definition) is 0. The number of para-hydroxylation sites is 2. The fourth-order valence-electron chi connectivity index (χ4n) is 1.42. The molecule has 0 spiro atoms. The number of benzene rings is 1. The molecule has 0 bridgehead atoms. The molecular formula is C11H11NO4S. The van der Waals surface area contributed by atoms with Crippen LogP contribution in [0.1, 0.15) is 0 Å². The van der Waals surface area contributed by atoms with Gasteiger partial charge in [0, 0.05) is 0 Å². The molecule has 0 saturated carbocycles. The highest BCUT2D eigenvalue weighted by molar-refractivity contribution is 7.99. The summed E-state index contributed by atoms with van der Waals surface area (Å²) in [5, 5.41) is 0. The fourth-order valence-corrected chi connectivity index (χ4v) is 2.22. The summed E-state index contributed by atoms with van der Waals surface area (Å²) in [7, 11) is 1.34. The summed E-state index contributed by atoms with van der Waals surface area (Å²) >= 11 is 1.30. The molecule has 0 saturated heterocycles. The number of nitrogens with zero attached hydrogens (tertiary/aromatic N) is 1. The molecule has 0 aliphatic rings. The van der Waals surface area contributed by atoms with E-state index in [9.17, 15) is 9.59 Å². The van der Waals surface area contributed by atoms with Crippen molar-refractivity contribution in [3.05, 3.63) is 34.8 Å². The first kappa shape index (κ1) is 11.8. The summed E-state index contributed by atoms with van der Waals surface area (Å²) < 4.78 is 11.1. The van der Waals surface area contributed by atoms with E-state index in [1.54, 1.807) is 18.2 Å². The minimum atomic E-state index is -0.413. The standard InChI is InChI=1S/C11H11NO4S/c1-15-10(13)6-17-7-12-8-4-2-3-5-9(8)16-11(12)14/h2-5H,6-7H2,1H3. The van der Waals surface area contributed by atoms with Crippen LogP contribution in [0, 0.1) is 0 Å². The number of carbonyl (C=O) groups is 1. The van der Waals surface area contributed by atoms with E-state index in [-0.39, 0.29) is 11.7 Å². The minimum absolute atomic E-state index is 0.211. The molecule has 0 aliphatic carbocycles. The van der Waals surface area contributed by atoms with Crippen molar-refractivity contribution in [2.75, 3.05) is 12.9 Å².